The maximum absolute atomic E-state index is 15.3. The molecule has 2 aromatic carbocycles. The van der Waals surface area contributed by atoms with Gasteiger partial charge < -0.3 is 4.74 Å². The van der Waals surface area contributed by atoms with Crippen LogP contribution >= 0.6 is 27.5 Å². The molecule has 0 bridgehead atoms. The topological polar surface area (TPSA) is 76.6 Å². The van der Waals surface area contributed by atoms with Crippen molar-refractivity contribution >= 4 is 38.6 Å². The van der Waals surface area contributed by atoms with Gasteiger partial charge in [-0.15, -0.1) is 5.10 Å². The Hall–Kier alpha value is -3.02. The fraction of sp³-hybridized carbons (Fsp3) is 0.100. The zero-order valence-corrected chi connectivity index (χ0v) is 17.4. The highest BCUT2D eigenvalue weighted by Gasteiger charge is 2.18. The van der Waals surface area contributed by atoms with Crippen LogP contribution in [0.25, 0.3) is 11.0 Å². The summed E-state index contributed by atoms with van der Waals surface area (Å²) in [6, 6.07) is 11.7. The molecule has 29 heavy (non-hydrogen) atoms. The zero-order chi connectivity index (χ0) is 20.5. The molecule has 0 saturated heterocycles. The Bertz CT molecular complexity index is 1280. The molecule has 0 aliphatic rings. The van der Waals surface area contributed by atoms with Crippen molar-refractivity contribution in [1.82, 2.24) is 20.0 Å². The van der Waals surface area contributed by atoms with E-state index >= 15 is 4.39 Å². The normalized spacial score (nSPS) is 10.9. The van der Waals surface area contributed by atoms with Crippen LogP contribution in [0.5, 0.6) is 11.5 Å². The number of nitrogens with zero attached hydrogens (tertiary/aromatic N) is 5. The van der Waals surface area contributed by atoms with Gasteiger partial charge in [-0.25, -0.2) is 9.07 Å². The summed E-state index contributed by atoms with van der Waals surface area (Å²) >= 11 is 9.33. The van der Waals surface area contributed by atoms with Crippen LogP contribution in [0.2, 0.25) is 5.02 Å². The molecular formula is C20H12BrClFN5O. The van der Waals surface area contributed by atoms with E-state index in [1.165, 1.54) is 18.2 Å². The highest BCUT2D eigenvalue weighted by molar-refractivity contribution is 9.10. The van der Waals surface area contributed by atoms with E-state index in [4.69, 9.17) is 21.6 Å². The number of rotatable bonds is 4. The number of aromatic nitrogens is 4. The Labute approximate surface area is 178 Å². The van der Waals surface area contributed by atoms with Crippen LogP contribution in [-0.4, -0.2) is 20.0 Å². The van der Waals surface area contributed by atoms with Gasteiger partial charge in [0.1, 0.15) is 5.75 Å². The van der Waals surface area contributed by atoms with Gasteiger partial charge in [0.25, 0.3) is 0 Å². The van der Waals surface area contributed by atoms with Crippen LogP contribution in [0.1, 0.15) is 16.8 Å². The first kappa shape index (κ1) is 19.3. The lowest BCUT2D eigenvalue weighted by atomic mass is 10.1. The third-order valence-electron chi connectivity index (χ3n) is 4.30. The first-order valence-corrected chi connectivity index (χ1v) is 9.62. The minimum atomic E-state index is -0.529. The Morgan fingerprint density at radius 2 is 2.10 bits per heavy atom. The molecule has 0 unspecified atom stereocenters. The van der Waals surface area contributed by atoms with E-state index in [1.807, 2.05) is 6.07 Å². The number of ether oxygens (including phenoxy) is 1. The molecule has 0 atom stereocenters. The molecule has 0 radical (unpaired) electrons. The maximum Gasteiger partial charge on any atom is 0.180 e. The predicted octanol–water partition coefficient (Wildman–Crippen LogP) is 5.17. The summed E-state index contributed by atoms with van der Waals surface area (Å²) in [4.78, 5) is 0. The standard InChI is InChI=1S/C20H12BrClFN5O/c1-28-20-15(4-5-25-26-20)17(27-28)8-12-2-3-16(21)19(18(12)23)29-14-7-11(10-24)6-13(22)9-14/h2-7,9H,8H2,1H3. The Morgan fingerprint density at radius 1 is 1.28 bits per heavy atom. The SMILES string of the molecule is Cn1nc(Cc2ccc(Br)c(Oc3cc(Cl)cc(C#N)c3)c2F)c2ccnnc21. The first-order valence-electron chi connectivity index (χ1n) is 8.45. The minimum Gasteiger partial charge on any atom is -0.453 e. The Kier molecular flexibility index (Phi) is 5.18. The molecule has 0 amide bonds. The molecule has 9 heteroatoms. The second kappa shape index (κ2) is 7.78. The van der Waals surface area contributed by atoms with E-state index in [1.54, 1.807) is 36.1 Å². The molecule has 0 saturated carbocycles. The van der Waals surface area contributed by atoms with Gasteiger partial charge in [-0.3, -0.25) is 0 Å². The van der Waals surface area contributed by atoms with Crippen LogP contribution in [0.3, 0.4) is 0 Å². The monoisotopic (exact) mass is 471 g/mol. The summed E-state index contributed by atoms with van der Waals surface area (Å²) in [6.07, 6.45) is 1.82. The molecule has 0 spiro atoms. The van der Waals surface area contributed by atoms with Crippen LogP contribution in [-0.2, 0) is 13.5 Å². The lowest BCUT2D eigenvalue weighted by Crippen LogP contribution is -1.99. The number of halogens is 3. The highest BCUT2D eigenvalue weighted by Crippen LogP contribution is 2.36. The third-order valence-corrected chi connectivity index (χ3v) is 5.14. The second-order valence-electron chi connectivity index (χ2n) is 6.25. The number of benzene rings is 2. The van der Waals surface area contributed by atoms with Crippen molar-refractivity contribution in [2.24, 2.45) is 7.05 Å². The van der Waals surface area contributed by atoms with E-state index in [2.05, 4.69) is 31.2 Å². The van der Waals surface area contributed by atoms with Crippen molar-refractivity contribution in [1.29, 1.82) is 5.26 Å². The number of aryl methyl sites for hydroxylation is 1. The van der Waals surface area contributed by atoms with E-state index in [9.17, 15) is 0 Å². The minimum absolute atomic E-state index is 0.00804. The Balaban J connectivity index is 1.72. The van der Waals surface area contributed by atoms with Gasteiger partial charge in [0, 0.05) is 23.9 Å². The van der Waals surface area contributed by atoms with Gasteiger partial charge in [-0.1, -0.05) is 17.7 Å². The predicted molar refractivity (Wildman–Crippen MR) is 109 cm³/mol. The summed E-state index contributed by atoms with van der Waals surface area (Å²) in [5, 5.41) is 22.6. The van der Waals surface area contributed by atoms with Crippen molar-refractivity contribution in [3.63, 3.8) is 0 Å². The molecule has 0 aliphatic heterocycles. The molecular weight excluding hydrogens is 461 g/mol. The van der Waals surface area contributed by atoms with Crippen LogP contribution in [0.4, 0.5) is 4.39 Å². The lowest BCUT2D eigenvalue weighted by molar-refractivity contribution is 0.436. The number of nitriles is 1. The van der Waals surface area contributed by atoms with Crippen molar-refractivity contribution < 1.29 is 9.13 Å². The molecule has 2 aromatic heterocycles. The van der Waals surface area contributed by atoms with Gasteiger partial charge in [-0.2, -0.15) is 15.5 Å². The van der Waals surface area contributed by atoms with Gasteiger partial charge in [0.05, 0.1) is 28.0 Å². The van der Waals surface area contributed by atoms with Gasteiger partial charge in [0.2, 0.25) is 0 Å². The molecule has 0 N–H and O–H groups in total. The molecule has 0 aliphatic carbocycles. The largest absolute Gasteiger partial charge is 0.453 e. The average molecular weight is 473 g/mol. The van der Waals surface area contributed by atoms with E-state index in [0.29, 0.717) is 32.0 Å². The Morgan fingerprint density at radius 3 is 2.90 bits per heavy atom. The number of fused-ring (bicyclic) bond motifs is 1. The summed E-state index contributed by atoms with van der Waals surface area (Å²) in [7, 11) is 1.76. The number of hydrogen-bond donors (Lipinski definition) is 0. The summed E-state index contributed by atoms with van der Waals surface area (Å²) < 4.78 is 23.1. The summed E-state index contributed by atoms with van der Waals surface area (Å²) in [5.41, 5.74) is 2.03. The van der Waals surface area contributed by atoms with Crippen molar-refractivity contribution in [2.75, 3.05) is 0 Å². The zero-order valence-electron chi connectivity index (χ0n) is 15.0. The van der Waals surface area contributed by atoms with Gasteiger partial charge >= 0.3 is 0 Å². The second-order valence-corrected chi connectivity index (χ2v) is 7.55. The van der Waals surface area contributed by atoms with Crippen LogP contribution < -0.4 is 4.74 Å². The van der Waals surface area contributed by atoms with Crippen molar-refractivity contribution in [3.05, 3.63) is 74.7 Å². The maximum atomic E-state index is 15.3. The van der Waals surface area contributed by atoms with Crippen molar-refractivity contribution in [3.8, 4) is 17.6 Å². The molecule has 4 rings (SSSR count). The highest BCUT2D eigenvalue weighted by atomic mass is 79.9. The van der Waals surface area contributed by atoms with Gasteiger partial charge in [-0.05, 0) is 51.8 Å². The van der Waals surface area contributed by atoms with Crippen LogP contribution in [0, 0.1) is 17.1 Å². The quantitative estimate of drug-likeness (QED) is 0.409. The number of hydrogen-bond acceptors (Lipinski definition) is 5. The molecule has 0 fully saturated rings. The molecule has 2 heterocycles. The molecule has 4 aromatic rings. The molecule has 144 valence electrons. The summed E-state index contributed by atoms with van der Waals surface area (Å²) in [6.45, 7) is 0. The van der Waals surface area contributed by atoms with Crippen LogP contribution in [0.15, 0.2) is 47.1 Å². The lowest BCUT2D eigenvalue weighted by Gasteiger charge is -2.12. The van der Waals surface area contributed by atoms with Crippen molar-refractivity contribution in [2.45, 2.75) is 6.42 Å². The average Bonchev–Trinajstić information content (AvgIpc) is 3.03. The van der Waals surface area contributed by atoms with E-state index in [0.717, 1.165) is 5.39 Å². The first-order chi connectivity index (χ1) is 14.0. The summed E-state index contributed by atoms with van der Waals surface area (Å²) in [5.74, 6) is -0.253. The fourth-order valence-electron chi connectivity index (χ4n) is 2.99. The van der Waals surface area contributed by atoms with E-state index in [-0.39, 0.29) is 17.9 Å². The van der Waals surface area contributed by atoms with E-state index < -0.39 is 5.82 Å². The smallest absolute Gasteiger partial charge is 0.180 e. The molecule has 6 nitrogen and oxygen atoms in total. The third kappa shape index (κ3) is 3.79. The fourth-order valence-corrected chi connectivity index (χ4v) is 3.60. The van der Waals surface area contributed by atoms with Gasteiger partial charge in [0.15, 0.2) is 17.2 Å².